The first kappa shape index (κ1) is 24.3. The van der Waals surface area contributed by atoms with E-state index in [1.54, 1.807) is 43.5 Å². The Labute approximate surface area is 215 Å². The molecule has 8 nitrogen and oxygen atoms in total. The number of carbonyl (C=O) groups excluding carboxylic acids is 2. The molecule has 0 saturated carbocycles. The lowest BCUT2D eigenvalue weighted by Crippen LogP contribution is -2.29. The van der Waals surface area contributed by atoms with Gasteiger partial charge in [0.25, 0.3) is 5.78 Å². The summed E-state index contributed by atoms with van der Waals surface area (Å²) in [5.41, 5.74) is 1.01. The van der Waals surface area contributed by atoms with E-state index in [0.717, 1.165) is 16.8 Å². The summed E-state index contributed by atoms with van der Waals surface area (Å²) < 4.78 is 30.5. The van der Waals surface area contributed by atoms with Gasteiger partial charge in [0, 0.05) is 11.1 Å². The molecule has 1 aliphatic heterocycles. The van der Waals surface area contributed by atoms with Gasteiger partial charge in [0.2, 0.25) is 0 Å². The number of anilines is 1. The van der Waals surface area contributed by atoms with Gasteiger partial charge >= 0.3 is 5.91 Å². The molecule has 1 amide bonds. The highest BCUT2D eigenvalue weighted by atomic mass is 32.1. The largest absolute Gasteiger partial charge is 0.507 e. The van der Waals surface area contributed by atoms with Gasteiger partial charge in [-0.2, -0.15) is 0 Å². The number of ether oxygens (including phenoxy) is 3. The van der Waals surface area contributed by atoms with Crippen molar-refractivity contribution in [1.29, 1.82) is 0 Å². The quantitative estimate of drug-likeness (QED) is 0.215. The van der Waals surface area contributed by atoms with Crippen LogP contribution in [-0.4, -0.2) is 43.1 Å². The van der Waals surface area contributed by atoms with E-state index in [2.05, 4.69) is 4.98 Å². The van der Waals surface area contributed by atoms with Gasteiger partial charge in [0.05, 0.1) is 37.1 Å². The van der Waals surface area contributed by atoms with Crippen LogP contribution in [-0.2, 0) is 9.59 Å². The van der Waals surface area contributed by atoms with E-state index in [1.165, 1.54) is 42.6 Å². The minimum Gasteiger partial charge on any atom is -0.507 e. The Hall–Kier alpha value is -4.44. The maximum absolute atomic E-state index is 13.6. The fraction of sp³-hybridized carbons (Fsp3) is 0.148. The zero-order valence-corrected chi connectivity index (χ0v) is 20.8. The van der Waals surface area contributed by atoms with Crippen molar-refractivity contribution in [2.45, 2.75) is 6.04 Å². The highest BCUT2D eigenvalue weighted by Gasteiger charge is 2.49. The average molecular weight is 521 g/mol. The molecule has 1 aromatic heterocycles. The van der Waals surface area contributed by atoms with Crippen LogP contribution in [0, 0.1) is 5.82 Å². The van der Waals surface area contributed by atoms with Crippen LogP contribution in [0.3, 0.4) is 0 Å². The van der Waals surface area contributed by atoms with Gasteiger partial charge < -0.3 is 19.3 Å². The Balaban J connectivity index is 1.77. The molecule has 1 fully saturated rings. The van der Waals surface area contributed by atoms with Crippen LogP contribution >= 0.6 is 11.3 Å². The third kappa shape index (κ3) is 4.15. The molecule has 10 heteroatoms. The van der Waals surface area contributed by atoms with Crippen molar-refractivity contribution >= 4 is 44.1 Å². The van der Waals surface area contributed by atoms with E-state index in [0.29, 0.717) is 28.3 Å². The number of rotatable bonds is 6. The van der Waals surface area contributed by atoms with Crippen molar-refractivity contribution in [3.8, 4) is 17.2 Å². The number of halogens is 1. The van der Waals surface area contributed by atoms with E-state index < -0.39 is 29.3 Å². The third-order valence-corrected chi connectivity index (χ3v) is 7.10. The Morgan fingerprint density at radius 3 is 2.30 bits per heavy atom. The van der Waals surface area contributed by atoms with E-state index in [9.17, 15) is 19.1 Å². The highest BCUT2D eigenvalue weighted by Crippen LogP contribution is 2.47. The van der Waals surface area contributed by atoms with Crippen LogP contribution in [0.1, 0.15) is 17.2 Å². The first-order valence-electron chi connectivity index (χ1n) is 11.1. The summed E-state index contributed by atoms with van der Waals surface area (Å²) in [5.74, 6) is -1.29. The molecule has 0 aliphatic carbocycles. The summed E-state index contributed by atoms with van der Waals surface area (Å²) in [6.45, 7) is 0. The number of fused-ring (bicyclic) bond motifs is 1. The molecule has 2 heterocycles. The van der Waals surface area contributed by atoms with Crippen LogP contribution in [0.15, 0.2) is 66.2 Å². The molecular formula is C27H21FN2O6S. The summed E-state index contributed by atoms with van der Waals surface area (Å²) in [6.07, 6.45) is 0. The number of aliphatic hydroxyl groups is 1. The number of hydrogen-bond donors (Lipinski definition) is 1. The highest BCUT2D eigenvalue weighted by molar-refractivity contribution is 7.22. The smallest absolute Gasteiger partial charge is 0.301 e. The van der Waals surface area contributed by atoms with Crippen molar-refractivity contribution in [2.75, 3.05) is 26.2 Å². The van der Waals surface area contributed by atoms with Crippen LogP contribution < -0.4 is 19.1 Å². The lowest BCUT2D eigenvalue weighted by atomic mass is 9.94. The topological polar surface area (TPSA) is 98.2 Å². The van der Waals surface area contributed by atoms with Gasteiger partial charge in [0.15, 0.2) is 5.13 Å². The molecule has 1 unspecified atom stereocenters. The van der Waals surface area contributed by atoms with Gasteiger partial charge in [0.1, 0.15) is 34.9 Å². The maximum atomic E-state index is 13.6. The summed E-state index contributed by atoms with van der Waals surface area (Å²) in [4.78, 5) is 32.7. The zero-order chi connectivity index (χ0) is 26.3. The molecule has 1 N–H and O–H groups in total. The third-order valence-electron chi connectivity index (χ3n) is 6.08. The first-order chi connectivity index (χ1) is 17.9. The SMILES string of the molecule is COc1ccc(OC)c(C2C(=C(O)c3ccc(F)cc3)C(=O)C(=O)N2c2nc3ccc(OC)cc3s2)c1. The van der Waals surface area contributed by atoms with Gasteiger partial charge in [-0.3, -0.25) is 14.5 Å². The van der Waals surface area contributed by atoms with Gasteiger partial charge in [-0.1, -0.05) is 11.3 Å². The van der Waals surface area contributed by atoms with Crippen molar-refractivity contribution in [3.05, 3.63) is 83.2 Å². The minimum absolute atomic E-state index is 0.181. The molecule has 3 aromatic carbocycles. The van der Waals surface area contributed by atoms with E-state index in [-0.39, 0.29) is 16.3 Å². The molecule has 37 heavy (non-hydrogen) atoms. The maximum Gasteiger partial charge on any atom is 0.301 e. The number of thiazole rings is 1. The second-order valence-electron chi connectivity index (χ2n) is 8.11. The summed E-state index contributed by atoms with van der Waals surface area (Å²) in [6, 6.07) is 14.1. The number of benzene rings is 3. The number of ketones is 1. The Kier molecular flexibility index (Phi) is 6.26. The first-order valence-corrected chi connectivity index (χ1v) is 11.9. The number of hydrogen-bond acceptors (Lipinski definition) is 8. The van der Waals surface area contributed by atoms with Crippen molar-refractivity contribution in [3.63, 3.8) is 0 Å². The lowest BCUT2D eigenvalue weighted by Gasteiger charge is -2.25. The fourth-order valence-corrected chi connectivity index (χ4v) is 5.28. The Morgan fingerprint density at radius 1 is 0.946 bits per heavy atom. The van der Waals surface area contributed by atoms with E-state index in [1.807, 2.05) is 0 Å². The number of methoxy groups -OCH3 is 3. The zero-order valence-electron chi connectivity index (χ0n) is 20.0. The second kappa shape index (κ2) is 9.55. The standard InChI is InChI=1S/C27H21FN2O6S/c1-34-16-9-11-20(36-3)18(12-16)23-22(24(31)14-4-6-15(28)7-5-14)25(32)26(33)30(23)27-29-19-10-8-17(35-2)13-21(19)37-27/h4-13,23,31H,1-3H3. The molecular weight excluding hydrogens is 499 g/mol. The molecule has 188 valence electrons. The van der Waals surface area contributed by atoms with Crippen LogP contribution in [0.25, 0.3) is 16.0 Å². The second-order valence-corrected chi connectivity index (χ2v) is 9.12. The molecule has 5 rings (SSSR count). The van der Waals surface area contributed by atoms with E-state index >= 15 is 0 Å². The lowest BCUT2D eigenvalue weighted by molar-refractivity contribution is -0.132. The average Bonchev–Trinajstić information content (AvgIpc) is 3.45. The number of aliphatic hydroxyl groups excluding tert-OH is 1. The molecule has 0 bridgehead atoms. The van der Waals surface area contributed by atoms with Gasteiger partial charge in [-0.15, -0.1) is 0 Å². The van der Waals surface area contributed by atoms with Crippen molar-refractivity contribution < 1.29 is 33.3 Å². The number of carbonyl (C=O) groups is 2. The monoisotopic (exact) mass is 520 g/mol. The van der Waals surface area contributed by atoms with Crippen molar-refractivity contribution in [1.82, 2.24) is 4.98 Å². The predicted octanol–water partition coefficient (Wildman–Crippen LogP) is 5.09. The van der Waals surface area contributed by atoms with Gasteiger partial charge in [-0.05, 0) is 60.7 Å². The van der Waals surface area contributed by atoms with Crippen LogP contribution in [0.4, 0.5) is 9.52 Å². The Morgan fingerprint density at radius 2 is 1.62 bits per heavy atom. The number of Topliss-reactive ketones (excluding diaryl/α,β-unsaturated/α-hetero) is 1. The molecule has 1 saturated heterocycles. The molecule has 1 aliphatic rings. The van der Waals surface area contributed by atoms with Crippen LogP contribution in [0.5, 0.6) is 17.2 Å². The summed E-state index contributed by atoms with van der Waals surface area (Å²) in [5, 5.41) is 11.5. The normalized spacial score (nSPS) is 16.9. The Bertz CT molecular complexity index is 1560. The molecule has 0 radical (unpaired) electrons. The summed E-state index contributed by atoms with van der Waals surface area (Å²) in [7, 11) is 4.50. The molecule has 0 spiro atoms. The number of nitrogens with zero attached hydrogens (tertiary/aromatic N) is 2. The van der Waals surface area contributed by atoms with Gasteiger partial charge in [-0.25, -0.2) is 9.37 Å². The predicted molar refractivity (Wildman–Crippen MR) is 137 cm³/mol. The van der Waals surface area contributed by atoms with Crippen LogP contribution in [0.2, 0.25) is 0 Å². The van der Waals surface area contributed by atoms with Crippen molar-refractivity contribution in [2.24, 2.45) is 0 Å². The minimum atomic E-state index is -1.10. The number of aromatic nitrogens is 1. The summed E-state index contributed by atoms with van der Waals surface area (Å²) >= 11 is 1.20. The molecule has 1 atom stereocenters. The number of amides is 1. The fourth-order valence-electron chi connectivity index (χ4n) is 4.26. The van der Waals surface area contributed by atoms with E-state index in [4.69, 9.17) is 14.2 Å². The molecule has 4 aromatic rings.